The van der Waals surface area contributed by atoms with E-state index < -0.39 is 5.92 Å². The molecule has 1 saturated carbocycles. The van der Waals surface area contributed by atoms with Gasteiger partial charge < -0.3 is 10.4 Å². The zero-order valence-corrected chi connectivity index (χ0v) is 9.83. The third kappa shape index (κ3) is 3.18. The molecule has 98 valence electrons. The van der Waals surface area contributed by atoms with Crippen LogP contribution in [0.5, 0.6) is 5.75 Å². The van der Waals surface area contributed by atoms with Crippen LogP contribution in [-0.4, -0.2) is 16.9 Å². The van der Waals surface area contributed by atoms with Crippen molar-refractivity contribution in [1.82, 2.24) is 0 Å². The van der Waals surface area contributed by atoms with Gasteiger partial charge in [-0.05, 0) is 37.1 Å². The number of carbonyl (C=O) groups excluding carboxylic acids is 1. The molecule has 18 heavy (non-hydrogen) atoms. The smallest absolute Gasteiger partial charge is 0.248 e. The van der Waals surface area contributed by atoms with Gasteiger partial charge in [0, 0.05) is 24.4 Å². The number of phenolic OH excluding ortho intramolecular Hbond substituents is 1. The Morgan fingerprint density at radius 2 is 1.78 bits per heavy atom. The average Bonchev–Trinajstić information content (AvgIpc) is 2.32. The molecule has 1 aliphatic carbocycles. The predicted molar refractivity (Wildman–Crippen MR) is 63.6 cm³/mol. The number of aromatic hydroxyl groups is 1. The van der Waals surface area contributed by atoms with Crippen LogP contribution in [0.15, 0.2) is 24.3 Å². The summed E-state index contributed by atoms with van der Waals surface area (Å²) in [5.74, 6) is -3.07. The Kier molecular flexibility index (Phi) is 3.50. The van der Waals surface area contributed by atoms with E-state index in [-0.39, 0.29) is 43.3 Å². The molecule has 0 radical (unpaired) electrons. The van der Waals surface area contributed by atoms with Crippen molar-refractivity contribution in [2.45, 2.75) is 31.6 Å². The third-order valence-corrected chi connectivity index (χ3v) is 3.22. The zero-order valence-electron chi connectivity index (χ0n) is 9.83. The Morgan fingerprint density at radius 1 is 1.22 bits per heavy atom. The minimum Gasteiger partial charge on any atom is -0.508 e. The summed E-state index contributed by atoms with van der Waals surface area (Å²) in [5.41, 5.74) is 0.565. The molecule has 1 amide bonds. The van der Waals surface area contributed by atoms with Crippen molar-refractivity contribution in [3.8, 4) is 5.75 Å². The molecule has 0 unspecified atom stereocenters. The van der Waals surface area contributed by atoms with Gasteiger partial charge in [-0.3, -0.25) is 4.79 Å². The van der Waals surface area contributed by atoms with Crippen LogP contribution < -0.4 is 5.32 Å². The molecule has 1 aromatic carbocycles. The van der Waals surface area contributed by atoms with E-state index in [2.05, 4.69) is 5.32 Å². The molecule has 1 fully saturated rings. The number of halogens is 2. The third-order valence-electron chi connectivity index (χ3n) is 3.22. The topological polar surface area (TPSA) is 49.3 Å². The van der Waals surface area contributed by atoms with E-state index >= 15 is 0 Å². The Hall–Kier alpha value is -1.65. The minimum absolute atomic E-state index is 0.116. The molecule has 0 aromatic heterocycles. The number of phenols is 1. The van der Waals surface area contributed by atoms with Crippen LogP contribution in [-0.2, 0) is 4.79 Å². The predicted octanol–water partition coefficient (Wildman–Crippen LogP) is 3.16. The normalized spacial score (nSPS) is 19.4. The maximum Gasteiger partial charge on any atom is 0.248 e. The van der Waals surface area contributed by atoms with Crippen molar-refractivity contribution >= 4 is 11.6 Å². The summed E-state index contributed by atoms with van der Waals surface area (Å²) < 4.78 is 25.9. The number of benzene rings is 1. The van der Waals surface area contributed by atoms with Crippen molar-refractivity contribution < 1.29 is 18.7 Å². The molecule has 1 aliphatic rings. The lowest BCUT2D eigenvalue weighted by Crippen LogP contribution is -2.31. The average molecular weight is 255 g/mol. The zero-order chi connectivity index (χ0) is 13.2. The SMILES string of the molecule is O=C(Nc1ccc(O)cc1)C1CCC(F)(F)CC1. The van der Waals surface area contributed by atoms with Gasteiger partial charge in [-0.25, -0.2) is 8.78 Å². The van der Waals surface area contributed by atoms with E-state index in [1.165, 1.54) is 12.1 Å². The van der Waals surface area contributed by atoms with Gasteiger partial charge in [-0.2, -0.15) is 0 Å². The number of hydrogen-bond donors (Lipinski definition) is 2. The fourth-order valence-electron chi connectivity index (χ4n) is 2.09. The van der Waals surface area contributed by atoms with Crippen LogP contribution in [0.25, 0.3) is 0 Å². The van der Waals surface area contributed by atoms with E-state index in [4.69, 9.17) is 5.11 Å². The van der Waals surface area contributed by atoms with Gasteiger partial charge >= 0.3 is 0 Å². The number of anilines is 1. The molecule has 0 saturated heterocycles. The highest BCUT2D eigenvalue weighted by Crippen LogP contribution is 2.36. The first kappa shape index (κ1) is 12.8. The second-order valence-electron chi connectivity index (χ2n) is 4.67. The summed E-state index contributed by atoms with van der Waals surface area (Å²) in [6, 6.07) is 6.07. The summed E-state index contributed by atoms with van der Waals surface area (Å²) in [7, 11) is 0. The van der Waals surface area contributed by atoms with Crippen LogP contribution in [0.2, 0.25) is 0 Å². The van der Waals surface area contributed by atoms with Crippen LogP contribution in [0, 0.1) is 5.92 Å². The van der Waals surface area contributed by atoms with E-state index in [1.807, 2.05) is 0 Å². The second kappa shape index (κ2) is 4.92. The second-order valence-corrected chi connectivity index (χ2v) is 4.67. The molecule has 1 aromatic rings. The first-order chi connectivity index (χ1) is 8.46. The van der Waals surface area contributed by atoms with E-state index in [9.17, 15) is 13.6 Å². The van der Waals surface area contributed by atoms with Crippen molar-refractivity contribution in [3.05, 3.63) is 24.3 Å². The van der Waals surface area contributed by atoms with Gasteiger partial charge in [0.15, 0.2) is 0 Å². The quantitative estimate of drug-likeness (QED) is 0.797. The van der Waals surface area contributed by atoms with Gasteiger partial charge in [-0.1, -0.05) is 0 Å². The fraction of sp³-hybridized carbons (Fsp3) is 0.462. The van der Waals surface area contributed by atoms with E-state index in [0.29, 0.717) is 5.69 Å². The largest absolute Gasteiger partial charge is 0.508 e. The van der Waals surface area contributed by atoms with Gasteiger partial charge in [0.1, 0.15) is 5.75 Å². The number of alkyl halides is 2. The number of hydrogen-bond acceptors (Lipinski definition) is 2. The molecule has 2 rings (SSSR count). The Labute approximate surface area is 104 Å². The summed E-state index contributed by atoms with van der Waals surface area (Å²) in [5, 5.41) is 11.8. The molecule has 0 heterocycles. The monoisotopic (exact) mass is 255 g/mol. The summed E-state index contributed by atoms with van der Waals surface area (Å²) in [6.07, 6.45) is -0.00480. The lowest BCUT2D eigenvalue weighted by molar-refractivity contribution is -0.124. The molecule has 3 nitrogen and oxygen atoms in total. The number of carbonyl (C=O) groups is 1. The summed E-state index contributed by atoms with van der Waals surface area (Å²) in [6.45, 7) is 0. The lowest BCUT2D eigenvalue weighted by Gasteiger charge is -2.27. The molecular weight excluding hydrogens is 240 g/mol. The van der Waals surface area contributed by atoms with Gasteiger partial charge in [0.05, 0.1) is 0 Å². The van der Waals surface area contributed by atoms with Crippen LogP contribution in [0.4, 0.5) is 14.5 Å². The first-order valence-corrected chi connectivity index (χ1v) is 5.94. The van der Waals surface area contributed by atoms with Crippen molar-refractivity contribution in [2.75, 3.05) is 5.32 Å². The molecule has 5 heteroatoms. The fourth-order valence-corrected chi connectivity index (χ4v) is 2.09. The molecule has 0 aliphatic heterocycles. The lowest BCUT2D eigenvalue weighted by atomic mass is 9.86. The number of amides is 1. The van der Waals surface area contributed by atoms with E-state index in [0.717, 1.165) is 0 Å². The Balaban J connectivity index is 1.91. The Morgan fingerprint density at radius 3 is 2.33 bits per heavy atom. The molecular formula is C13H15F2NO2. The molecule has 0 atom stereocenters. The number of rotatable bonds is 2. The minimum atomic E-state index is -2.62. The Bertz CT molecular complexity index is 421. The maximum atomic E-state index is 13.0. The molecule has 0 spiro atoms. The van der Waals surface area contributed by atoms with Gasteiger partial charge in [-0.15, -0.1) is 0 Å². The summed E-state index contributed by atoms with van der Waals surface area (Å²) in [4.78, 5) is 11.8. The maximum absolute atomic E-state index is 13.0. The van der Waals surface area contributed by atoms with Crippen molar-refractivity contribution in [1.29, 1.82) is 0 Å². The number of nitrogens with one attached hydrogen (secondary N) is 1. The van der Waals surface area contributed by atoms with Crippen molar-refractivity contribution in [2.24, 2.45) is 5.92 Å². The highest BCUT2D eigenvalue weighted by atomic mass is 19.3. The van der Waals surface area contributed by atoms with Crippen LogP contribution in [0.1, 0.15) is 25.7 Å². The molecule has 0 bridgehead atoms. The van der Waals surface area contributed by atoms with Crippen molar-refractivity contribution in [3.63, 3.8) is 0 Å². The van der Waals surface area contributed by atoms with Crippen LogP contribution >= 0.6 is 0 Å². The van der Waals surface area contributed by atoms with Gasteiger partial charge in [0.25, 0.3) is 0 Å². The van der Waals surface area contributed by atoms with Gasteiger partial charge in [0.2, 0.25) is 11.8 Å². The highest BCUT2D eigenvalue weighted by molar-refractivity contribution is 5.92. The standard InChI is InChI=1S/C13H15F2NO2/c14-13(15)7-5-9(6-8-13)12(18)16-10-1-3-11(17)4-2-10/h1-4,9,17H,5-8H2,(H,16,18). The highest BCUT2D eigenvalue weighted by Gasteiger charge is 2.37. The molecule has 2 N–H and O–H groups in total. The first-order valence-electron chi connectivity index (χ1n) is 5.94. The van der Waals surface area contributed by atoms with E-state index in [1.54, 1.807) is 12.1 Å². The summed E-state index contributed by atoms with van der Waals surface area (Å²) >= 11 is 0. The van der Waals surface area contributed by atoms with Crippen LogP contribution in [0.3, 0.4) is 0 Å².